The maximum Gasteiger partial charge on any atom is 0.328 e. The average Bonchev–Trinajstić information content (AvgIpc) is 2.60. The first-order chi connectivity index (χ1) is 7.04. The number of nitrogens with two attached hydrogens (primary N) is 1. The molecule has 2 atom stereocenters. The summed E-state index contributed by atoms with van der Waals surface area (Å²) in [5.74, 6) is -1.26. The van der Waals surface area contributed by atoms with Gasteiger partial charge in [0.05, 0.1) is 6.61 Å². The van der Waals surface area contributed by atoms with Gasteiger partial charge in [-0.1, -0.05) is 0 Å². The van der Waals surface area contributed by atoms with Gasteiger partial charge in [0.25, 0.3) is 0 Å². The molecule has 1 heterocycles. The molecule has 2 unspecified atom stereocenters. The lowest BCUT2D eigenvalue weighted by Gasteiger charge is -2.19. The smallest absolute Gasteiger partial charge is 0.328 e. The predicted octanol–water partition coefficient (Wildman–Crippen LogP) is -1.83. The fourth-order valence-corrected chi connectivity index (χ4v) is 1.40. The van der Waals surface area contributed by atoms with E-state index in [0.29, 0.717) is 19.5 Å². The fraction of sp³-hybridized carbons (Fsp3) is 0.750. The number of amides is 2. The zero-order valence-electron chi connectivity index (χ0n) is 8.22. The maximum atomic E-state index is 11.4. The molecule has 5 N–H and O–H groups in total. The molecule has 1 fully saturated rings. The van der Waals surface area contributed by atoms with E-state index in [-0.39, 0.29) is 6.04 Å². The summed E-state index contributed by atoms with van der Waals surface area (Å²) in [6, 6.07) is -1.80. The number of carboxylic acid groups (broad SMARTS) is 1. The molecule has 2 amide bonds. The van der Waals surface area contributed by atoms with E-state index in [4.69, 9.17) is 15.9 Å². The Morgan fingerprint density at radius 2 is 2.27 bits per heavy atom. The monoisotopic (exact) mass is 217 g/mol. The standard InChI is InChI=1S/C8H15N3O4/c9-5-1-2-11(3-5)8(15)10-6(4-12)7(13)14/h5-6,12H,1-4,9H2,(H,10,15)(H,13,14). The number of carboxylic acids is 1. The Bertz CT molecular complexity index is 258. The van der Waals surface area contributed by atoms with Crippen molar-refractivity contribution in [3.05, 3.63) is 0 Å². The van der Waals surface area contributed by atoms with Gasteiger partial charge in [0, 0.05) is 19.1 Å². The minimum absolute atomic E-state index is 0.0480. The van der Waals surface area contributed by atoms with Crippen molar-refractivity contribution in [1.29, 1.82) is 0 Å². The van der Waals surface area contributed by atoms with Crippen molar-refractivity contribution in [3.8, 4) is 0 Å². The number of carbonyl (C=O) groups is 2. The number of aliphatic carboxylic acids is 1. The third-order valence-electron chi connectivity index (χ3n) is 2.29. The third-order valence-corrected chi connectivity index (χ3v) is 2.29. The fourth-order valence-electron chi connectivity index (χ4n) is 1.40. The molecule has 0 spiro atoms. The zero-order valence-corrected chi connectivity index (χ0v) is 8.22. The molecule has 0 aliphatic carbocycles. The number of hydrogen-bond donors (Lipinski definition) is 4. The van der Waals surface area contributed by atoms with E-state index in [9.17, 15) is 9.59 Å². The maximum absolute atomic E-state index is 11.4. The van der Waals surface area contributed by atoms with E-state index in [1.807, 2.05) is 0 Å². The number of rotatable bonds is 3. The van der Waals surface area contributed by atoms with Gasteiger partial charge in [-0.3, -0.25) is 0 Å². The van der Waals surface area contributed by atoms with E-state index in [1.54, 1.807) is 0 Å². The molecule has 86 valence electrons. The molecule has 1 aliphatic rings. The lowest BCUT2D eigenvalue weighted by atomic mass is 10.3. The second-order valence-electron chi connectivity index (χ2n) is 3.52. The number of aliphatic hydroxyl groups excluding tert-OH is 1. The van der Waals surface area contributed by atoms with Gasteiger partial charge in [-0.15, -0.1) is 0 Å². The van der Waals surface area contributed by atoms with Crippen molar-refractivity contribution >= 4 is 12.0 Å². The van der Waals surface area contributed by atoms with Crippen LogP contribution in [-0.4, -0.2) is 58.9 Å². The molecule has 0 radical (unpaired) electrons. The Morgan fingerprint density at radius 3 is 2.67 bits per heavy atom. The van der Waals surface area contributed by atoms with Gasteiger partial charge in [-0.05, 0) is 6.42 Å². The summed E-state index contributed by atoms with van der Waals surface area (Å²) in [5, 5.41) is 19.5. The first-order valence-electron chi connectivity index (χ1n) is 4.69. The van der Waals surface area contributed by atoms with E-state index < -0.39 is 24.6 Å². The Labute approximate surface area is 86.8 Å². The summed E-state index contributed by atoms with van der Waals surface area (Å²) in [6.07, 6.45) is 0.713. The Morgan fingerprint density at radius 1 is 1.60 bits per heavy atom. The summed E-state index contributed by atoms with van der Waals surface area (Å²) in [6.45, 7) is 0.315. The van der Waals surface area contributed by atoms with Crippen LogP contribution in [0.3, 0.4) is 0 Å². The lowest BCUT2D eigenvalue weighted by Crippen LogP contribution is -2.49. The van der Waals surface area contributed by atoms with Gasteiger partial charge in [-0.2, -0.15) is 0 Å². The third kappa shape index (κ3) is 3.07. The molecular formula is C8H15N3O4. The van der Waals surface area contributed by atoms with Crippen LogP contribution in [0.5, 0.6) is 0 Å². The summed E-state index contributed by atoms with van der Waals surface area (Å²) >= 11 is 0. The summed E-state index contributed by atoms with van der Waals surface area (Å²) in [5.41, 5.74) is 5.60. The second kappa shape index (κ2) is 4.94. The topological polar surface area (TPSA) is 116 Å². The Kier molecular flexibility index (Phi) is 3.87. The van der Waals surface area contributed by atoms with Crippen molar-refractivity contribution in [2.75, 3.05) is 19.7 Å². The summed E-state index contributed by atoms with van der Waals surface area (Å²) in [7, 11) is 0. The number of aliphatic hydroxyl groups is 1. The van der Waals surface area contributed by atoms with E-state index in [0.717, 1.165) is 0 Å². The summed E-state index contributed by atoms with van der Waals surface area (Å²) < 4.78 is 0. The molecule has 7 heteroatoms. The average molecular weight is 217 g/mol. The van der Waals surface area contributed by atoms with Crippen molar-refractivity contribution in [1.82, 2.24) is 10.2 Å². The predicted molar refractivity (Wildman–Crippen MR) is 51.2 cm³/mol. The minimum atomic E-state index is -1.26. The highest BCUT2D eigenvalue weighted by molar-refractivity contribution is 5.82. The number of hydrogen-bond acceptors (Lipinski definition) is 4. The molecular weight excluding hydrogens is 202 g/mol. The normalized spacial score (nSPS) is 22.5. The van der Waals surface area contributed by atoms with Crippen LogP contribution in [0.4, 0.5) is 4.79 Å². The van der Waals surface area contributed by atoms with Crippen LogP contribution in [-0.2, 0) is 4.79 Å². The lowest BCUT2D eigenvalue weighted by molar-refractivity contribution is -0.140. The van der Waals surface area contributed by atoms with E-state index in [2.05, 4.69) is 5.32 Å². The molecule has 0 bridgehead atoms. The number of carbonyl (C=O) groups excluding carboxylic acids is 1. The van der Waals surface area contributed by atoms with E-state index in [1.165, 1.54) is 4.90 Å². The first kappa shape index (κ1) is 11.7. The molecule has 0 saturated carbocycles. The molecule has 0 aromatic rings. The number of nitrogens with one attached hydrogen (secondary N) is 1. The summed E-state index contributed by atoms with van der Waals surface area (Å²) in [4.78, 5) is 23.4. The van der Waals surface area contributed by atoms with Crippen LogP contribution >= 0.6 is 0 Å². The SMILES string of the molecule is NC1CCN(C(=O)NC(CO)C(=O)O)C1. The Balaban J connectivity index is 2.44. The van der Waals surface area contributed by atoms with Crippen LogP contribution in [0.15, 0.2) is 0 Å². The van der Waals surface area contributed by atoms with Crippen LogP contribution in [0.2, 0.25) is 0 Å². The molecule has 0 aromatic heterocycles. The van der Waals surface area contributed by atoms with Gasteiger partial charge in [0.2, 0.25) is 0 Å². The van der Waals surface area contributed by atoms with Crippen molar-refractivity contribution in [3.63, 3.8) is 0 Å². The molecule has 7 nitrogen and oxygen atoms in total. The zero-order chi connectivity index (χ0) is 11.4. The number of nitrogens with zero attached hydrogens (tertiary/aromatic N) is 1. The number of likely N-dealkylation sites (tertiary alicyclic amines) is 1. The highest BCUT2D eigenvalue weighted by Crippen LogP contribution is 2.06. The molecule has 1 rings (SSSR count). The van der Waals surface area contributed by atoms with Crippen LogP contribution < -0.4 is 11.1 Å². The van der Waals surface area contributed by atoms with Crippen molar-refractivity contribution < 1.29 is 19.8 Å². The van der Waals surface area contributed by atoms with Crippen LogP contribution in [0, 0.1) is 0 Å². The first-order valence-corrected chi connectivity index (χ1v) is 4.69. The minimum Gasteiger partial charge on any atom is -0.480 e. The van der Waals surface area contributed by atoms with Crippen molar-refractivity contribution in [2.24, 2.45) is 5.73 Å². The highest BCUT2D eigenvalue weighted by atomic mass is 16.4. The molecule has 15 heavy (non-hydrogen) atoms. The van der Waals surface area contributed by atoms with Crippen molar-refractivity contribution in [2.45, 2.75) is 18.5 Å². The molecule has 1 saturated heterocycles. The van der Waals surface area contributed by atoms with Gasteiger partial charge in [0.15, 0.2) is 6.04 Å². The van der Waals surface area contributed by atoms with Gasteiger partial charge in [0.1, 0.15) is 0 Å². The molecule has 0 aromatic carbocycles. The number of urea groups is 1. The second-order valence-corrected chi connectivity index (χ2v) is 3.52. The largest absolute Gasteiger partial charge is 0.480 e. The quantitative estimate of drug-likeness (QED) is 0.444. The van der Waals surface area contributed by atoms with Crippen LogP contribution in [0.25, 0.3) is 0 Å². The Hall–Kier alpha value is -1.34. The van der Waals surface area contributed by atoms with Gasteiger partial charge >= 0.3 is 12.0 Å². The van der Waals surface area contributed by atoms with Gasteiger partial charge < -0.3 is 26.2 Å². The highest BCUT2D eigenvalue weighted by Gasteiger charge is 2.27. The molecule has 1 aliphatic heterocycles. The van der Waals surface area contributed by atoms with E-state index >= 15 is 0 Å². The van der Waals surface area contributed by atoms with Gasteiger partial charge in [-0.25, -0.2) is 9.59 Å². The van der Waals surface area contributed by atoms with Crippen LogP contribution in [0.1, 0.15) is 6.42 Å².